The smallest absolute Gasteiger partial charge is 0.435 e. The molecule has 0 aromatic heterocycles. The van der Waals surface area contributed by atoms with E-state index in [0.29, 0.717) is 31.1 Å². The van der Waals surface area contributed by atoms with Crippen molar-refractivity contribution in [3.8, 4) is 0 Å². The van der Waals surface area contributed by atoms with E-state index in [9.17, 15) is 44.5 Å². The van der Waals surface area contributed by atoms with Crippen LogP contribution in [-0.2, 0) is 28.0 Å². The first kappa shape index (κ1) is 29.0. The Morgan fingerprint density at radius 3 is 2.12 bits per heavy atom. The van der Waals surface area contributed by atoms with Crippen LogP contribution in [0.4, 0.5) is 39.9 Å². The Hall–Kier alpha value is -2.54. The summed E-state index contributed by atoms with van der Waals surface area (Å²) >= 11 is -1.98. The highest BCUT2D eigenvalue weighted by Crippen LogP contribution is 2.57. The summed E-state index contributed by atoms with van der Waals surface area (Å²) in [7, 11) is 0. The quantitative estimate of drug-likeness (QED) is 0.297. The van der Waals surface area contributed by atoms with Gasteiger partial charge in [0, 0.05) is 37.2 Å². The summed E-state index contributed by atoms with van der Waals surface area (Å²) in [6.07, 6.45) is -11.1. The van der Waals surface area contributed by atoms with Crippen molar-refractivity contribution in [2.24, 2.45) is 5.92 Å². The third kappa shape index (κ3) is 4.34. The minimum atomic E-state index is -6.28. The van der Waals surface area contributed by atoms with Gasteiger partial charge in [-0.25, -0.2) is 13.6 Å². The van der Waals surface area contributed by atoms with E-state index >= 15 is 0 Å². The topological polar surface area (TPSA) is 46.6 Å². The Kier molecular flexibility index (Phi) is 7.08. The number of alkyl halides is 7. The zero-order valence-corrected chi connectivity index (χ0v) is 22.1. The van der Waals surface area contributed by atoms with Gasteiger partial charge in [-0.05, 0) is 66.2 Å². The van der Waals surface area contributed by atoms with Crippen molar-refractivity contribution < 1.29 is 44.5 Å². The number of carbonyl (C=O) groups excluding carboxylic acids is 1. The minimum Gasteiger partial charge on any atom is -0.611 e. The summed E-state index contributed by atoms with van der Waals surface area (Å²) in [6, 6.07) is 5.47. The molecule has 2 amide bonds. The molecule has 2 aliphatic heterocycles. The lowest BCUT2D eigenvalue weighted by Gasteiger charge is -2.38. The number of rotatable bonds is 3. The van der Waals surface area contributed by atoms with Gasteiger partial charge in [-0.1, -0.05) is 25.1 Å². The molecule has 2 aromatic rings. The van der Waals surface area contributed by atoms with Crippen LogP contribution in [0.2, 0.25) is 0 Å². The molecule has 5 rings (SSSR count). The predicted octanol–water partition coefficient (Wildman–Crippen LogP) is 6.60. The second kappa shape index (κ2) is 9.78. The highest BCUT2D eigenvalue weighted by atomic mass is 32.2. The number of piperidine rings is 1. The predicted molar refractivity (Wildman–Crippen MR) is 130 cm³/mol. The molecular formula is C27H26F8N2O2S. The van der Waals surface area contributed by atoms with Gasteiger partial charge in [-0.15, -0.1) is 0 Å². The Balaban J connectivity index is 1.60. The third-order valence-electron chi connectivity index (χ3n) is 8.45. The maximum absolute atomic E-state index is 14.9. The van der Waals surface area contributed by atoms with Gasteiger partial charge in [0.25, 0.3) is 0 Å². The molecule has 0 radical (unpaired) electrons. The van der Waals surface area contributed by atoms with Crippen LogP contribution in [0.5, 0.6) is 0 Å². The van der Waals surface area contributed by atoms with Gasteiger partial charge in [-0.3, -0.25) is 0 Å². The number of fused-ring (bicyclic) bond motifs is 3. The van der Waals surface area contributed by atoms with E-state index in [1.54, 1.807) is 4.90 Å². The van der Waals surface area contributed by atoms with Crippen LogP contribution in [0, 0.1) is 11.7 Å². The Labute approximate surface area is 228 Å². The zero-order chi connectivity index (χ0) is 29.3. The van der Waals surface area contributed by atoms with Crippen molar-refractivity contribution in [1.82, 2.24) is 9.80 Å². The largest absolute Gasteiger partial charge is 0.611 e. The molecule has 3 unspecified atom stereocenters. The molecule has 4 nitrogen and oxygen atoms in total. The van der Waals surface area contributed by atoms with Crippen LogP contribution >= 0.6 is 0 Å². The number of hydrogen-bond acceptors (Lipinski definition) is 2. The molecule has 2 aromatic carbocycles. The second-order valence-electron chi connectivity index (χ2n) is 10.8. The molecule has 0 bridgehead atoms. The molecule has 1 aliphatic carbocycles. The van der Waals surface area contributed by atoms with E-state index in [4.69, 9.17) is 0 Å². The molecule has 3 atom stereocenters. The number of amides is 2. The minimum absolute atomic E-state index is 0.0433. The van der Waals surface area contributed by atoms with E-state index in [1.807, 2.05) is 0 Å². The van der Waals surface area contributed by atoms with Gasteiger partial charge >= 0.3 is 24.1 Å². The van der Waals surface area contributed by atoms with Crippen molar-refractivity contribution in [3.05, 3.63) is 65.0 Å². The normalized spacial score (nSPS) is 24.7. The highest BCUT2D eigenvalue weighted by molar-refractivity contribution is 7.92. The Morgan fingerprint density at radius 1 is 0.950 bits per heavy atom. The molecule has 0 saturated carbocycles. The number of benzene rings is 2. The lowest BCUT2D eigenvalue weighted by molar-refractivity contribution is -0.348. The first-order valence-corrected chi connectivity index (χ1v) is 14.0. The monoisotopic (exact) mass is 594 g/mol. The summed E-state index contributed by atoms with van der Waals surface area (Å²) < 4.78 is 122. The number of nitrogens with zero attached hydrogens (tertiary/aromatic N) is 2. The zero-order valence-electron chi connectivity index (χ0n) is 21.3. The Morgan fingerprint density at radius 2 is 1.55 bits per heavy atom. The van der Waals surface area contributed by atoms with E-state index in [2.05, 4.69) is 6.92 Å². The summed E-state index contributed by atoms with van der Waals surface area (Å²) in [5.41, 5.74) is -7.09. The van der Waals surface area contributed by atoms with Crippen LogP contribution in [0.25, 0.3) is 0 Å². The lowest BCUT2D eigenvalue weighted by Crippen LogP contribution is -2.52. The summed E-state index contributed by atoms with van der Waals surface area (Å²) in [6.45, 7) is 3.18. The molecular weight excluding hydrogens is 568 g/mol. The van der Waals surface area contributed by atoms with Gasteiger partial charge in [0.15, 0.2) is 9.64 Å². The van der Waals surface area contributed by atoms with E-state index in [-0.39, 0.29) is 41.4 Å². The Bertz CT molecular complexity index is 1260. The maximum Gasteiger partial charge on any atom is 0.435 e. The number of likely N-dealkylation sites (tertiary alicyclic amines) is 2. The fourth-order valence-corrected chi connectivity index (χ4v) is 8.17. The summed E-state index contributed by atoms with van der Waals surface area (Å²) in [5.74, 6) is -0.169. The van der Waals surface area contributed by atoms with Crippen LogP contribution in [-0.4, -0.2) is 58.4 Å². The first-order valence-electron chi connectivity index (χ1n) is 12.8. The van der Waals surface area contributed by atoms with Crippen LogP contribution < -0.4 is 0 Å². The van der Waals surface area contributed by atoms with E-state index in [1.165, 1.54) is 17.0 Å². The fourth-order valence-electron chi connectivity index (χ4n) is 6.23. The van der Waals surface area contributed by atoms with Gasteiger partial charge in [0.1, 0.15) is 5.82 Å². The van der Waals surface area contributed by atoms with Crippen molar-refractivity contribution >= 4 is 17.2 Å². The standard InChI is InChI=1S/C27H26F8N2O2S/c1-16-8-11-36(12-9-16)23(38)37-13-10-24(40(39)20-5-3-19(28)4-6-20)21-7-2-18(14-17(21)15-22(24)37)25(29,26(30,31)32)27(33,34)35/h2-7,14,16,22H,8-13,15H2,1H3. The number of hydrogen-bond donors (Lipinski definition) is 0. The van der Waals surface area contributed by atoms with Crippen LogP contribution in [0.15, 0.2) is 47.4 Å². The van der Waals surface area contributed by atoms with E-state index < -0.39 is 51.4 Å². The molecule has 218 valence electrons. The molecule has 0 spiro atoms. The lowest BCUT2D eigenvalue weighted by atomic mass is 9.90. The van der Waals surface area contributed by atoms with Gasteiger partial charge in [0.2, 0.25) is 0 Å². The third-order valence-corrected chi connectivity index (χ3v) is 10.5. The van der Waals surface area contributed by atoms with Crippen molar-refractivity contribution in [3.63, 3.8) is 0 Å². The number of halogens is 8. The number of urea groups is 1. The average molecular weight is 595 g/mol. The van der Waals surface area contributed by atoms with Gasteiger partial charge < -0.3 is 14.4 Å². The van der Waals surface area contributed by atoms with Crippen molar-refractivity contribution in [2.45, 2.75) is 66.3 Å². The summed E-state index contributed by atoms with van der Waals surface area (Å²) in [5, 5.41) is 0. The second-order valence-corrected chi connectivity index (χ2v) is 12.5. The molecule has 13 heteroatoms. The molecule has 2 saturated heterocycles. The van der Waals surface area contributed by atoms with Crippen molar-refractivity contribution in [1.29, 1.82) is 0 Å². The van der Waals surface area contributed by atoms with Gasteiger partial charge in [0.05, 0.1) is 6.04 Å². The van der Waals surface area contributed by atoms with Crippen LogP contribution in [0.1, 0.15) is 42.9 Å². The highest BCUT2D eigenvalue weighted by Gasteiger charge is 2.74. The number of carbonyl (C=O) groups is 1. The average Bonchev–Trinajstić information content (AvgIpc) is 3.41. The van der Waals surface area contributed by atoms with E-state index in [0.717, 1.165) is 31.0 Å². The molecule has 2 heterocycles. The molecule has 40 heavy (non-hydrogen) atoms. The van der Waals surface area contributed by atoms with Crippen molar-refractivity contribution in [2.75, 3.05) is 19.6 Å². The molecule has 2 fully saturated rings. The molecule has 3 aliphatic rings. The summed E-state index contributed by atoms with van der Waals surface area (Å²) in [4.78, 5) is 16.9. The first-order chi connectivity index (χ1) is 18.6. The SMILES string of the molecule is CC1CCN(C(=O)N2CCC3([S+]([O-])c4ccc(F)cc4)c4ccc(C(F)(C(F)(F)F)C(F)(F)F)cc4CC23)CC1. The molecule has 0 N–H and O–H groups in total. The van der Waals surface area contributed by atoms with Gasteiger partial charge in [-0.2, -0.15) is 26.3 Å². The maximum atomic E-state index is 14.9. The van der Waals surface area contributed by atoms with Crippen LogP contribution in [0.3, 0.4) is 0 Å². The fraction of sp³-hybridized carbons (Fsp3) is 0.519.